The first-order chi connectivity index (χ1) is 25.5. The Morgan fingerprint density at radius 1 is 1.06 bits per heavy atom. The number of hydrogen-bond donors (Lipinski definition) is 1. The molecule has 1 atom stereocenters. The fourth-order valence-electron chi connectivity index (χ4n) is 8.24. The molecule has 0 radical (unpaired) electrons. The Labute approximate surface area is 313 Å². The lowest BCUT2D eigenvalue weighted by atomic mass is 9.84. The van der Waals surface area contributed by atoms with Crippen LogP contribution in [0.15, 0.2) is 54.9 Å². The second-order valence-electron chi connectivity index (χ2n) is 15.3. The van der Waals surface area contributed by atoms with E-state index in [4.69, 9.17) is 14.5 Å². The lowest BCUT2D eigenvalue weighted by molar-refractivity contribution is -0.160. The number of anilines is 1. The molecule has 11 nitrogen and oxygen atoms in total. The quantitative estimate of drug-likeness (QED) is 0.176. The largest absolute Gasteiger partial charge is 0.490 e. The number of carboxylic acids is 1. The maximum atomic E-state index is 16.1. The van der Waals surface area contributed by atoms with Crippen molar-refractivity contribution in [3.8, 4) is 39.4 Å². The molecule has 8 rings (SSSR count). The van der Waals surface area contributed by atoms with E-state index in [1.54, 1.807) is 33.9 Å². The molecule has 2 aliphatic heterocycles. The van der Waals surface area contributed by atoms with Gasteiger partial charge in [-0.1, -0.05) is 6.07 Å². The summed E-state index contributed by atoms with van der Waals surface area (Å²) in [5, 5.41) is 16.8. The second kappa shape index (κ2) is 12.7. The van der Waals surface area contributed by atoms with E-state index in [0.29, 0.717) is 59.3 Å². The van der Waals surface area contributed by atoms with Crippen molar-refractivity contribution in [2.75, 3.05) is 23.7 Å². The number of fused-ring (bicyclic) bond motifs is 2. The predicted molar refractivity (Wildman–Crippen MR) is 207 cm³/mol. The van der Waals surface area contributed by atoms with Gasteiger partial charge in [0, 0.05) is 58.5 Å². The number of ether oxygens (including phenoxy) is 2. The smallest absolute Gasteiger partial charge is 0.337 e. The number of sulfonamides is 1. The van der Waals surface area contributed by atoms with E-state index in [2.05, 4.69) is 9.67 Å². The molecule has 3 aromatic heterocycles. The fraction of sp³-hybridized carbons (Fsp3) is 0.341. The van der Waals surface area contributed by atoms with Crippen LogP contribution in [0.3, 0.4) is 0 Å². The number of benzene rings is 3. The molecule has 0 aliphatic carbocycles. The molecule has 13 heteroatoms. The van der Waals surface area contributed by atoms with Crippen molar-refractivity contribution in [3.05, 3.63) is 82.9 Å². The molecule has 0 unspecified atom stereocenters. The Kier molecular flexibility index (Phi) is 8.38. The molecular weight excluding hydrogens is 710 g/mol. The van der Waals surface area contributed by atoms with Crippen LogP contribution in [0.1, 0.15) is 55.5 Å². The lowest BCUT2D eigenvalue weighted by Gasteiger charge is -2.35. The van der Waals surface area contributed by atoms with Gasteiger partial charge in [-0.2, -0.15) is 5.10 Å². The summed E-state index contributed by atoms with van der Waals surface area (Å²) in [5.74, 6) is -1.57. The van der Waals surface area contributed by atoms with E-state index in [9.17, 15) is 18.3 Å². The maximum absolute atomic E-state index is 16.1. The van der Waals surface area contributed by atoms with Crippen molar-refractivity contribution >= 4 is 43.5 Å². The minimum absolute atomic E-state index is 0.125. The number of aromatic nitrogens is 4. The van der Waals surface area contributed by atoms with Crippen LogP contribution >= 0.6 is 0 Å². The predicted octanol–water partition coefficient (Wildman–Crippen LogP) is 7.73. The fourth-order valence-corrected chi connectivity index (χ4v) is 9.20. The third-order valence-electron chi connectivity index (χ3n) is 10.6. The van der Waals surface area contributed by atoms with Crippen molar-refractivity contribution in [1.29, 1.82) is 0 Å². The first-order valence-electron chi connectivity index (χ1n) is 17.9. The maximum Gasteiger partial charge on any atom is 0.337 e. The number of hydrogen-bond acceptors (Lipinski definition) is 7. The molecule has 0 amide bonds. The van der Waals surface area contributed by atoms with Crippen LogP contribution in [0.5, 0.6) is 5.75 Å². The van der Waals surface area contributed by atoms with Gasteiger partial charge in [0.05, 0.1) is 53.6 Å². The molecule has 2 aliphatic rings. The van der Waals surface area contributed by atoms with E-state index >= 15 is 4.39 Å². The lowest BCUT2D eigenvalue weighted by Crippen LogP contribution is -2.37. The number of carbonyl (C=O) groups is 1. The first kappa shape index (κ1) is 35.7. The topological polar surface area (TPSA) is 129 Å². The summed E-state index contributed by atoms with van der Waals surface area (Å²) in [7, 11) is -1.92. The minimum atomic E-state index is -3.82. The molecule has 0 fully saturated rings. The summed E-state index contributed by atoms with van der Waals surface area (Å²) in [5.41, 5.74) is 7.53. The van der Waals surface area contributed by atoms with Gasteiger partial charge in [0.15, 0.2) is 17.7 Å². The van der Waals surface area contributed by atoms with Crippen LogP contribution < -0.4 is 9.04 Å². The zero-order valence-corrected chi connectivity index (χ0v) is 32.1. The summed E-state index contributed by atoms with van der Waals surface area (Å²) < 4.78 is 60.5. The molecule has 280 valence electrons. The SMILES string of the molecule is Cc1c(-c2c([C@H](OC(C)(C)C)C(=O)O)c(C)c3c4c2cc(-c2ccnc(-c5ccc6c(cnn6C)c5)c2)n4CCN3S(C)(=O)=O)cc(F)c2c1CCCO2. The number of aryl methyl sites for hydroxylation is 1. The van der Waals surface area contributed by atoms with Gasteiger partial charge in [-0.3, -0.25) is 14.0 Å². The molecule has 3 aromatic carbocycles. The highest BCUT2D eigenvalue weighted by molar-refractivity contribution is 7.92. The monoisotopic (exact) mass is 751 g/mol. The molecule has 5 heterocycles. The zero-order chi connectivity index (χ0) is 38.4. The van der Waals surface area contributed by atoms with Crippen molar-refractivity contribution < 1.29 is 32.2 Å². The standard InChI is InChI=1S/C41H42FN5O6S/c1-22-27-9-8-16-52-38(27)30(42)19-28(22)35-29-20-33(25-12-13-43-31(18-25)24-10-11-32-26(17-24)21-44-45(32)6)46-14-15-47(54(7,50)51)36(37(29)46)23(2)34(35)39(40(48)49)53-41(3,4)5/h10-13,17-21,39H,8-9,14-16H2,1-7H3,(H,48,49)/t39-/m0/s1. The van der Waals surface area contributed by atoms with E-state index in [1.807, 2.05) is 61.2 Å². The summed E-state index contributed by atoms with van der Waals surface area (Å²) in [4.78, 5) is 18.0. The normalized spacial score (nSPS) is 15.1. The van der Waals surface area contributed by atoms with Crippen molar-refractivity contribution in [2.24, 2.45) is 7.05 Å². The Morgan fingerprint density at radius 2 is 1.83 bits per heavy atom. The summed E-state index contributed by atoms with van der Waals surface area (Å²) in [6.07, 6.45) is 4.51. The third-order valence-corrected chi connectivity index (χ3v) is 11.7. The van der Waals surface area contributed by atoms with Crippen LogP contribution in [0.2, 0.25) is 0 Å². The van der Waals surface area contributed by atoms with Gasteiger partial charge < -0.3 is 19.1 Å². The first-order valence-corrected chi connectivity index (χ1v) is 19.8. The highest BCUT2D eigenvalue weighted by Crippen LogP contribution is 2.51. The minimum Gasteiger partial charge on any atom is -0.490 e. The molecular formula is C41H42FN5O6S. The summed E-state index contributed by atoms with van der Waals surface area (Å²) in [6, 6.07) is 13.3. The Hall–Kier alpha value is -5.27. The van der Waals surface area contributed by atoms with Gasteiger partial charge in [-0.25, -0.2) is 17.6 Å². The number of rotatable bonds is 7. The van der Waals surface area contributed by atoms with Gasteiger partial charge in [0.2, 0.25) is 10.0 Å². The van der Waals surface area contributed by atoms with E-state index in [1.165, 1.54) is 10.4 Å². The van der Waals surface area contributed by atoms with Gasteiger partial charge in [-0.05, 0) is 106 Å². The van der Waals surface area contributed by atoms with Crippen molar-refractivity contribution in [1.82, 2.24) is 19.3 Å². The number of halogens is 1. The van der Waals surface area contributed by atoms with E-state index < -0.39 is 33.5 Å². The molecule has 0 saturated carbocycles. The highest BCUT2D eigenvalue weighted by Gasteiger charge is 2.39. The second-order valence-corrected chi connectivity index (χ2v) is 17.2. The van der Waals surface area contributed by atoms with Crippen LogP contribution in [0.4, 0.5) is 10.1 Å². The van der Waals surface area contributed by atoms with E-state index in [0.717, 1.165) is 50.8 Å². The van der Waals surface area contributed by atoms with E-state index in [-0.39, 0.29) is 17.9 Å². The van der Waals surface area contributed by atoms with Gasteiger partial charge >= 0.3 is 5.97 Å². The van der Waals surface area contributed by atoms with Gasteiger partial charge in [-0.15, -0.1) is 0 Å². The Morgan fingerprint density at radius 3 is 2.56 bits per heavy atom. The molecule has 1 N–H and O–H groups in total. The van der Waals surface area contributed by atoms with Gasteiger partial charge in [0.25, 0.3) is 0 Å². The third kappa shape index (κ3) is 5.81. The Bertz CT molecular complexity index is 2660. The number of aliphatic carboxylic acids is 1. The van der Waals surface area contributed by atoms with Crippen LogP contribution in [-0.2, 0) is 39.6 Å². The number of carboxylic acid groups (broad SMARTS) is 1. The summed E-state index contributed by atoms with van der Waals surface area (Å²) >= 11 is 0. The summed E-state index contributed by atoms with van der Waals surface area (Å²) in [6.45, 7) is 9.81. The van der Waals surface area contributed by atoms with Crippen LogP contribution in [-0.4, -0.2) is 63.8 Å². The highest BCUT2D eigenvalue weighted by atomic mass is 32.2. The Balaban J connectivity index is 1.47. The van der Waals surface area contributed by atoms with Crippen LogP contribution in [0.25, 0.3) is 55.4 Å². The number of nitrogens with zero attached hydrogens (tertiary/aromatic N) is 5. The van der Waals surface area contributed by atoms with Crippen LogP contribution in [0, 0.1) is 19.7 Å². The molecule has 0 bridgehead atoms. The van der Waals surface area contributed by atoms with Crippen molar-refractivity contribution in [2.45, 2.75) is 65.7 Å². The number of pyridine rings is 1. The molecule has 0 spiro atoms. The zero-order valence-electron chi connectivity index (χ0n) is 31.3. The average Bonchev–Trinajstić information content (AvgIpc) is 3.70. The average molecular weight is 752 g/mol. The molecule has 6 aromatic rings. The van der Waals surface area contributed by atoms with Gasteiger partial charge in [0.1, 0.15) is 0 Å². The molecule has 0 saturated heterocycles. The molecule has 54 heavy (non-hydrogen) atoms. The van der Waals surface area contributed by atoms with Crippen molar-refractivity contribution in [3.63, 3.8) is 0 Å².